The molecule has 2 atom stereocenters. The summed E-state index contributed by atoms with van der Waals surface area (Å²) in [5.41, 5.74) is 1.68. The second-order valence-electron chi connectivity index (χ2n) is 5.39. The Hall–Kier alpha value is -2.04. The second-order valence-corrected chi connectivity index (χ2v) is 5.39. The van der Waals surface area contributed by atoms with Gasteiger partial charge in [-0.15, -0.1) is 0 Å². The number of nitrogens with one attached hydrogen (secondary N) is 1. The van der Waals surface area contributed by atoms with Gasteiger partial charge >= 0.3 is 0 Å². The lowest BCUT2D eigenvalue weighted by atomic mass is 10.0. The third kappa shape index (κ3) is 2.86. The molecule has 2 unspecified atom stereocenters. The number of ether oxygens (including phenoxy) is 1. The van der Waals surface area contributed by atoms with Crippen LogP contribution >= 0.6 is 0 Å². The van der Waals surface area contributed by atoms with Crippen LogP contribution in [0.3, 0.4) is 0 Å². The first-order chi connectivity index (χ1) is 9.99. The summed E-state index contributed by atoms with van der Waals surface area (Å²) in [7, 11) is 1.61. The Balaban J connectivity index is 2.39. The Morgan fingerprint density at radius 1 is 1.33 bits per heavy atom. The fourth-order valence-electron chi connectivity index (χ4n) is 2.67. The van der Waals surface area contributed by atoms with E-state index < -0.39 is 12.1 Å². The van der Waals surface area contributed by atoms with Gasteiger partial charge in [0.25, 0.3) is 0 Å². The molecule has 2 rings (SSSR count). The molecule has 0 saturated carbocycles. The molecule has 0 radical (unpaired) electrons. The smallest absolute Gasteiger partial charge is 0.250 e. The van der Waals surface area contributed by atoms with Crippen molar-refractivity contribution in [3.05, 3.63) is 23.8 Å². The maximum atomic E-state index is 12.7. The van der Waals surface area contributed by atoms with Crippen LogP contribution in [-0.4, -0.2) is 31.0 Å². The highest BCUT2D eigenvalue weighted by molar-refractivity contribution is 6.08. The number of methoxy groups -OCH3 is 1. The Bertz CT molecular complexity index is 556. The molecule has 0 aromatic heterocycles. The number of piperazine rings is 1. The number of carbonyl (C=O) groups is 2. The van der Waals surface area contributed by atoms with Crippen LogP contribution < -0.4 is 15.0 Å². The number of rotatable bonds is 4. The van der Waals surface area contributed by atoms with Crippen molar-refractivity contribution in [1.29, 1.82) is 0 Å². The monoisotopic (exact) mass is 290 g/mol. The summed E-state index contributed by atoms with van der Waals surface area (Å²) in [4.78, 5) is 26.4. The average molecular weight is 290 g/mol. The van der Waals surface area contributed by atoms with Gasteiger partial charge in [-0.1, -0.05) is 13.3 Å². The molecule has 0 bridgehead atoms. The van der Waals surface area contributed by atoms with Gasteiger partial charge in [-0.05, 0) is 44.0 Å². The van der Waals surface area contributed by atoms with Gasteiger partial charge in [0.1, 0.15) is 17.8 Å². The molecular weight excluding hydrogens is 268 g/mol. The molecule has 21 heavy (non-hydrogen) atoms. The van der Waals surface area contributed by atoms with Crippen LogP contribution in [0.5, 0.6) is 5.75 Å². The summed E-state index contributed by atoms with van der Waals surface area (Å²) in [5.74, 6) is 0.586. The zero-order chi connectivity index (χ0) is 15.6. The molecule has 1 N–H and O–H groups in total. The Morgan fingerprint density at radius 3 is 2.62 bits per heavy atom. The first-order valence-corrected chi connectivity index (χ1v) is 7.27. The highest BCUT2D eigenvalue weighted by Gasteiger charge is 2.38. The lowest BCUT2D eigenvalue weighted by Gasteiger charge is -2.38. The fraction of sp³-hybridized carbons (Fsp3) is 0.500. The summed E-state index contributed by atoms with van der Waals surface area (Å²) < 4.78 is 5.19. The molecule has 1 fully saturated rings. The van der Waals surface area contributed by atoms with Gasteiger partial charge in [-0.25, -0.2) is 0 Å². The van der Waals surface area contributed by atoms with Crippen molar-refractivity contribution in [1.82, 2.24) is 5.32 Å². The first-order valence-electron chi connectivity index (χ1n) is 7.27. The van der Waals surface area contributed by atoms with Crippen LogP contribution in [0, 0.1) is 6.92 Å². The molecule has 1 heterocycles. The standard InChI is InChI=1S/C16H22N2O3/c1-5-6-13-16(20)18(11(3)15(19)17-13)14-8-7-12(21-4)9-10(14)2/h7-9,11,13H,5-6H2,1-4H3,(H,17,19). The minimum absolute atomic E-state index is 0.0442. The predicted molar refractivity (Wildman–Crippen MR) is 81.5 cm³/mol. The summed E-state index contributed by atoms with van der Waals surface area (Å²) in [6, 6.07) is 4.59. The normalized spacial score (nSPS) is 22.2. The largest absolute Gasteiger partial charge is 0.497 e. The number of benzene rings is 1. The maximum Gasteiger partial charge on any atom is 0.250 e. The summed E-state index contributed by atoms with van der Waals surface area (Å²) in [5, 5.41) is 2.80. The topological polar surface area (TPSA) is 58.6 Å². The number of nitrogens with zero attached hydrogens (tertiary/aromatic N) is 1. The number of hydrogen-bond donors (Lipinski definition) is 1. The van der Waals surface area contributed by atoms with Crippen molar-refractivity contribution in [2.45, 2.75) is 45.7 Å². The second kappa shape index (κ2) is 6.16. The number of aryl methyl sites for hydroxylation is 1. The summed E-state index contributed by atoms with van der Waals surface area (Å²) in [6.07, 6.45) is 1.50. The molecule has 1 aromatic rings. The number of amides is 2. The Labute approximate surface area is 125 Å². The van der Waals surface area contributed by atoms with Crippen molar-refractivity contribution in [3.63, 3.8) is 0 Å². The number of hydrogen-bond acceptors (Lipinski definition) is 3. The van der Waals surface area contributed by atoms with E-state index in [2.05, 4.69) is 5.32 Å². The third-order valence-electron chi connectivity index (χ3n) is 3.86. The third-order valence-corrected chi connectivity index (χ3v) is 3.86. The van der Waals surface area contributed by atoms with Gasteiger partial charge in [0.05, 0.1) is 7.11 Å². The Kier molecular flexibility index (Phi) is 4.50. The molecule has 1 aliphatic heterocycles. The molecule has 1 aromatic carbocycles. The summed E-state index contributed by atoms with van der Waals surface area (Å²) in [6.45, 7) is 5.67. The molecule has 1 aliphatic rings. The maximum absolute atomic E-state index is 12.7. The quantitative estimate of drug-likeness (QED) is 0.923. The van der Waals surface area contributed by atoms with Crippen LogP contribution in [0.15, 0.2) is 18.2 Å². The molecule has 114 valence electrons. The van der Waals surface area contributed by atoms with E-state index in [1.165, 1.54) is 0 Å². The van der Waals surface area contributed by atoms with E-state index in [-0.39, 0.29) is 11.8 Å². The van der Waals surface area contributed by atoms with E-state index >= 15 is 0 Å². The van der Waals surface area contributed by atoms with Gasteiger partial charge in [-0.2, -0.15) is 0 Å². The van der Waals surface area contributed by atoms with Crippen LogP contribution in [0.4, 0.5) is 5.69 Å². The molecule has 5 nitrogen and oxygen atoms in total. The first kappa shape index (κ1) is 15.4. The van der Waals surface area contributed by atoms with Crippen LogP contribution in [-0.2, 0) is 9.59 Å². The molecule has 2 amide bonds. The van der Waals surface area contributed by atoms with Gasteiger partial charge < -0.3 is 10.1 Å². The van der Waals surface area contributed by atoms with E-state index in [0.717, 1.165) is 23.4 Å². The molecular formula is C16H22N2O3. The van der Waals surface area contributed by atoms with Gasteiger partial charge in [0.15, 0.2) is 0 Å². The predicted octanol–water partition coefficient (Wildman–Crippen LogP) is 2.02. The van der Waals surface area contributed by atoms with Crippen LogP contribution in [0.25, 0.3) is 0 Å². The van der Waals surface area contributed by atoms with Crippen molar-refractivity contribution < 1.29 is 14.3 Å². The van der Waals surface area contributed by atoms with Gasteiger partial charge in [0, 0.05) is 5.69 Å². The highest BCUT2D eigenvalue weighted by atomic mass is 16.5. The van der Waals surface area contributed by atoms with Crippen molar-refractivity contribution in [2.24, 2.45) is 0 Å². The molecule has 0 spiro atoms. The summed E-state index contributed by atoms with van der Waals surface area (Å²) >= 11 is 0. The average Bonchev–Trinajstić information content (AvgIpc) is 2.46. The van der Waals surface area contributed by atoms with Crippen molar-refractivity contribution in [3.8, 4) is 5.75 Å². The van der Waals surface area contributed by atoms with E-state index in [1.54, 1.807) is 18.9 Å². The van der Waals surface area contributed by atoms with E-state index in [0.29, 0.717) is 6.42 Å². The minimum atomic E-state index is -0.502. The van der Waals surface area contributed by atoms with E-state index in [9.17, 15) is 9.59 Å². The van der Waals surface area contributed by atoms with E-state index in [4.69, 9.17) is 4.74 Å². The van der Waals surface area contributed by atoms with E-state index in [1.807, 2.05) is 32.0 Å². The van der Waals surface area contributed by atoms with Gasteiger partial charge in [0.2, 0.25) is 11.8 Å². The zero-order valence-electron chi connectivity index (χ0n) is 13.0. The lowest BCUT2D eigenvalue weighted by Crippen LogP contribution is -2.62. The van der Waals surface area contributed by atoms with Crippen LogP contribution in [0.2, 0.25) is 0 Å². The molecule has 1 saturated heterocycles. The van der Waals surface area contributed by atoms with Crippen molar-refractivity contribution in [2.75, 3.05) is 12.0 Å². The SMILES string of the molecule is CCCC1NC(=O)C(C)N(c2ccc(OC)cc2C)C1=O. The zero-order valence-corrected chi connectivity index (χ0v) is 13.0. The van der Waals surface area contributed by atoms with Gasteiger partial charge in [-0.3, -0.25) is 14.5 Å². The Morgan fingerprint density at radius 2 is 2.05 bits per heavy atom. The minimum Gasteiger partial charge on any atom is -0.497 e. The van der Waals surface area contributed by atoms with Crippen molar-refractivity contribution >= 4 is 17.5 Å². The number of carbonyl (C=O) groups excluding carboxylic acids is 2. The van der Waals surface area contributed by atoms with Crippen LogP contribution in [0.1, 0.15) is 32.3 Å². The number of anilines is 1. The molecule has 5 heteroatoms. The highest BCUT2D eigenvalue weighted by Crippen LogP contribution is 2.29. The molecule has 0 aliphatic carbocycles. The fourth-order valence-corrected chi connectivity index (χ4v) is 2.67. The lowest BCUT2D eigenvalue weighted by molar-refractivity contribution is -0.133.